The molecular formula is C17H14N4O2S. The van der Waals surface area contributed by atoms with Crippen molar-refractivity contribution in [2.45, 2.75) is 6.54 Å². The fourth-order valence-corrected chi connectivity index (χ4v) is 3.65. The van der Waals surface area contributed by atoms with Crippen molar-refractivity contribution in [3.8, 4) is 0 Å². The second-order valence-electron chi connectivity index (χ2n) is 5.57. The molecule has 0 aliphatic carbocycles. The minimum atomic E-state index is -0.373. The number of benzene rings is 2. The number of fused-ring (bicyclic) bond motifs is 2. The summed E-state index contributed by atoms with van der Waals surface area (Å²) in [6, 6.07) is 14.3. The van der Waals surface area contributed by atoms with Crippen molar-refractivity contribution in [2.75, 3.05) is 11.9 Å². The second kappa shape index (κ2) is 5.61. The monoisotopic (exact) mass is 338 g/mol. The minimum absolute atomic E-state index is 0.00832. The summed E-state index contributed by atoms with van der Waals surface area (Å²) in [5.41, 5.74) is 1.11. The quantitative estimate of drug-likeness (QED) is 0.415. The Bertz CT molecular complexity index is 1050. The standard InChI is InChI=1S/C17H14N4O2S/c1-19(11-13-7-4-6-12-5-2-3-8-14(12)13)15-16(21(22)23)20-9-10-24-17(20)18-15/h2-10H,11H2,1H3. The predicted octanol–water partition coefficient (Wildman–Crippen LogP) is 4.09. The fourth-order valence-electron chi connectivity index (χ4n) is 2.95. The van der Waals surface area contributed by atoms with Crippen LogP contribution in [0.5, 0.6) is 0 Å². The summed E-state index contributed by atoms with van der Waals surface area (Å²) < 4.78 is 1.53. The maximum Gasteiger partial charge on any atom is 0.373 e. The van der Waals surface area contributed by atoms with E-state index in [0.29, 0.717) is 17.3 Å². The van der Waals surface area contributed by atoms with E-state index in [4.69, 9.17) is 0 Å². The fraction of sp³-hybridized carbons (Fsp3) is 0.118. The van der Waals surface area contributed by atoms with E-state index in [1.807, 2.05) is 36.2 Å². The van der Waals surface area contributed by atoms with Crippen molar-refractivity contribution in [1.29, 1.82) is 0 Å². The lowest BCUT2D eigenvalue weighted by molar-refractivity contribution is -0.389. The lowest BCUT2D eigenvalue weighted by atomic mass is 10.0. The molecule has 24 heavy (non-hydrogen) atoms. The molecule has 2 aromatic heterocycles. The van der Waals surface area contributed by atoms with Gasteiger partial charge in [0, 0.05) is 19.0 Å². The van der Waals surface area contributed by atoms with Gasteiger partial charge < -0.3 is 15.0 Å². The van der Waals surface area contributed by atoms with Crippen LogP contribution in [0.1, 0.15) is 5.56 Å². The van der Waals surface area contributed by atoms with E-state index < -0.39 is 0 Å². The minimum Gasteiger partial charge on any atom is -0.358 e. The smallest absolute Gasteiger partial charge is 0.358 e. The van der Waals surface area contributed by atoms with Crippen LogP contribution in [0.2, 0.25) is 0 Å². The molecule has 0 bridgehead atoms. The third-order valence-corrected chi connectivity index (χ3v) is 4.80. The molecule has 0 saturated carbocycles. The van der Waals surface area contributed by atoms with E-state index >= 15 is 0 Å². The van der Waals surface area contributed by atoms with Crippen LogP contribution in [0.15, 0.2) is 54.0 Å². The van der Waals surface area contributed by atoms with Gasteiger partial charge in [-0.3, -0.25) is 0 Å². The Kier molecular flexibility index (Phi) is 3.42. The number of nitrogens with zero attached hydrogens (tertiary/aromatic N) is 4. The van der Waals surface area contributed by atoms with Crippen LogP contribution in [0.4, 0.5) is 11.6 Å². The van der Waals surface area contributed by atoms with Crippen molar-refractivity contribution in [3.05, 3.63) is 69.7 Å². The molecule has 7 heteroatoms. The van der Waals surface area contributed by atoms with Gasteiger partial charge in [-0.15, -0.1) is 0 Å². The number of anilines is 1. The summed E-state index contributed by atoms with van der Waals surface area (Å²) >= 11 is 1.39. The highest BCUT2D eigenvalue weighted by molar-refractivity contribution is 7.15. The van der Waals surface area contributed by atoms with Crippen LogP contribution in [0, 0.1) is 10.1 Å². The highest BCUT2D eigenvalue weighted by atomic mass is 32.1. The molecule has 0 fully saturated rings. The van der Waals surface area contributed by atoms with Crippen molar-refractivity contribution < 1.29 is 4.92 Å². The first-order valence-electron chi connectivity index (χ1n) is 7.43. The van der Waals surface area contributed by atoms with Gasteiger partial charge in [-0.1, -0.05) is 53.8 Å². The molecule has 6 nitrogen and oxygen atoms in total. The summed E-state index contributed by atoms with van der Waals surface area (Å²) in [6.45, 7) is 0.549. The summed E-state index contributed by atoms with van der Waals surface area (Å²) in [6.07, 6.45) is 1.68. The van der Waals surface area contributed by atoms with E-state index in [1.165, 1.54) is 15.7 Å². The van der Waals surface area contributed by atoms with Gasteiger partial charge in [0.1, 0.15) is 6.20 Å². The molecule has 0 aliphatic rings. The Morgan fingerprint density at radius 2 is 2.04 bits per heavy atom. The van der Waals surface area contributed by atoms with Gasteiger partial charge >= 0.3 is 5.82 Å². The number of imidazole rings is 1. The first kappa shape index (κ1) is 14.6. The molecule has 4 rings (SSSR count). The first-order chi connectivity index (χ1) is 11.6. The summed E-state index contributed by atoms with van der Waals surface area (Å²) in [5.74, 6) is 0.397. The largest absolute Gasteiger partial charge is 0.373 e. The lowest BCUT2D eigenvalue weighted by Gasteiger charge is -2.17. The van der Waals surface area contributed by atoms with Crippen molar-refractivity contribution in [1.82, 2.24) is 9.38 Å². The lowest BCUT2D eigenvalue weighted by Crippen LogP contribution is -2.18. The van der Waals surface area contributed by atoms with Gasteiger partial charge in [0.25, 0.3) is 4.96 Å². The molecule has 0 N–H and O–H groups in total. The zero-order valence-corrected chi connectivity index (χ0v) is 13.7. The third kappa shape index (κ3) is 2.30. The summed E-state index contributed by atoms with van der Waals surface area (Å²) in [7, 11) is 1.83. The van der Waals surface area contributed by atoms with Crippen LogP contribution in [0.3, 0.4) is 0 Å². The zero-order valence-electron chi connectivity index (χ0n) is 12.9. The average molecular weight is 338 g/mol. The Labute approximate surface area is 141 Å². The number of nitro groups is 1. The normalized spacial score (nSPS) is 11.2. The molecule has 0 atom stereocenters. The maximum absolute atomic E-state index is 11.5. The Balaban J connectivity index is 1.76. The Morgan fingerprint density at radius 1 is 1.25 bits per heavy atom. The average Bonchev–Trinajstić information content (AvgIpc) is 3.15. The van der Waals surface area contributed by atoms with Gasteiger partial charge in [-0.25, -0.2) is 0 Å². The molecule has 0 saturated heterocycles. The van der Waals surface area contributed by atoms with Gasteiger partial charge in [0.2, 0.25) is 5.82 Å². The van der Waals surface area contributed by atoms with E-state index in [-0.39, 0.29) is 10.7 Å². The van der Waals surface area contributed by atoms with Crippen LogP contribution in [-0.2, 0) is 6.54 Å². The Morgan fingerprint density at radius 3 is 2.88 bits per heavy atom. The molecule has 0 spiro atoms. The molecule has 0 amide bonds. The van der Waals surface area contributed by atoms with Crippen LogP contribution in [-0.4, -0.2) is 21.4 Å². The molecule has 120 valence electrons. The molecule has 0 radical (unpaired) electrons. The van der Waals surface area contributed by atoms with Crippen LogP contribution < -0.4 is 4.90 Å². The van der Waals surface area contributed by atoms with E-state index in [1.54, 1.807) is 11.6 Å². The van der Waals surface area contributed by atoms with Crippen molar-refractivity contribution in [2.24, 2.45) is 0 Å². The van der Waals surface area contributed by atoms with Gasteiger partial charge in [0.15, 0.2) is 0 Å². The van der Waals surface area contributed by atoms with Crippen LogP contribution in [0.25, 0.3) is 15.7 Å². The van der Waals surface area contributed by atoms with Crippen LogP contribution >= 0.6 is 11.3 Å². The summed E-state index contributed by atoms with van der Waals surface area (Å²) in [5, 5.41) is 15.6. The molecule has 0 aliphatic heterocycles. The summed E-state index contributed by atoms with van der Waals surface area (Å²) in [4.78, 5) is 18.0. The number of thiazole rings is 1. The highest BCUT2D eigenvalue weighted by Crippen LogP contribution is 2.31. The van der Waals surface area contributed by atoms with Gasteiger partial charge in [-0.2, -0.15) is 9.38 Å². The van der Waals surface area contributed by atoms with E-state index in [9.17, 15) is 10.1 Å². The van der Waals surface area contributed by atoms with E-state index in [2.05, 4.69) is 23.2 Å². The predicted molar refractivity (Wildman–Crippen MR) is 95.8 cm³/mol. The van der Waals surface area contributed by atoms with Crippen molar-refractivity contribution >= 4 is 38.7 Å². The van der Waals surface area contributed by atoms with Gasteiger partial charge in [0.05, 0.1) is 0 Å². The zero-order chi connectivity index (χ0) is 16.7. The highest BCUT2D eigenvalue weighted by Gasteiger charge is 2.26. The van der Waals surface area contributed by atoms with Gasteiger partial charge in [-0.05, 0) is 21.3 Å². The van der Waals surface area contributed by atoms with E-state index in [0.717, 1.165) is 16.3 Å². The number of hydrogen-bond acceptors (Lipinski definition) is 5. The first-order valence-corrected chi connectivity index (χ1v) is 8.31. The Hall–Kier alpha value is -2.93. The number of rotatable bonds is 4. The molecular weight excluding hydrogens is 324 g/mol. The molecule has 2 aromatic carbocycles. The molecule has 4 aromatic rings. The topological polar surface area (TPSA) is 63.7 Å². The molecule has 2 heterocycles. The second-order valence-corrected chi connectivity index (χ2v) is 6.44. The van der Waals surface area contributed by atoms with Crippen molar-refractivity contribution in [3.63, 3.8) is 0 Å². The SMILES string of the molecule is CN(Cc1cccc2ccccc12)c1nc2sccn2c1[N+](=O)[O-]. The third-order valence-electron chi connectivity index (χ3n) is 4.04. The number of aromatic nitrogens is 2. The number of hydrogen-bond donors (Lipinski definition) is 0. The maximum atomic E-state index is 11.5. The molecule has 0 unspecified atom stereocenters.